The minimum Gasteiger partial charge on any atom is -0.383 e. The molecule has 1 aromatic carbocycles. The molecule has 1 aromatic rings. The second-order valence-corrected chi connectivity index (χ2v) is 5.47. The summed E-state index contributed by atoms with van der Waals surface area (Å²) < 4.78 is 5.08. The fraction of sp³-hybridized carbons (Fsp3) is 0.562. The third-order valence-electron chi connectivity index (χ3n) is 3.84. The number of rotatable bonds is 5. The van der Waals surface area contributed by atoms with Gasteiger partial charge < -0.3 is 15.0 Å². The maximum atomic E-state index is 12.1. The summed E-state index contributed by atoms with van der Waals surface area (Å²) in [6, 6.07) is 8.27. The summed E-state index contributed by atoms with van der Waals surface area (Å²) in [6.07, 6.45) is 0. The zero-order chi connectivity index (χ0) is 15.1. The van der Waals surface area contributed by atoms with Crippen LogP contribution in [0.4, 0.5) is 4.79 Å². The molecule has 1 N–H and O–H groups in total. The molecular formula is C16H25N3O2. The maximum Gasteiger partial charge on any atom is 0.317 e. The zero-order valence-corrected chi connectivity index (χ0v) is 13.0. The summed E-state index contributed by atoms with van der Waals surface area (Å²) >= 11 is 0. The molecule has 2 amide bonds. The van der Waals surface area contributed by atoms with Crippen molar-refractivity contribution in [3.8, 4) is 0 Å². The van der Waals surface area contributed by atoms with Crippen molar-refractivity contribution < 1.29 is 9.53 Å². The lowest BCUT2D eigenvalue weighted by Crippen LogP contribution is -2.52. The van der Waals surface area contributed by atoms with Crippen LogP contribution in [-0.2, 0) is 11.3 Å². The molecule has 116 valence electrons. The molecule has 0 spiro atoms. The molecule has 1 saturated heterocycles. The normalized spacial score (nSPS) is 16.0. The van der Waals surface area contributed by atoms with E-state index in [2.05, 4.69) is 41.4 Å². The van der Waals surface area contributed by atoms with E-state index in [4.69, 9.17) is 4.74 Å². The number of carbonyl (C=O) groups excluding carboxylic acids is 1. The molecule has 0 unspecified atom stereocenters. The highest BCUT2D eigenvalue weighted by molar-refractivity contribution is 5.74. The number of ether oxygens (including phenoxy) is 1. The monoisotopic (exact) mass is 291 g/mol. The van der Waals surface area contributed by atoms with Gasteiger partial charge in [-0.3, -0.25) is 4.90 Å². The molecular weight excluding hydrogens is 266 g/mol. The van der Waals surface area contributed by atoms with Crippen molar-refractivity contribution in [2.45, 2.75) is 13.5 Å². The molecule has 2 rings (SSSR count). The molecule has 1 aliphatic rings. The predicted octanol–water partition coefficient (Wildman–Crippen LogP) is 1.47. The number of nitrogens with zero attached hydrogens (tertiary/aromatic N) is 2. The number of hydrogen-bond acceptors (Lipinski definition) is 3. The summed E-state index contributed by atoms with van der Waals surface area (Å²) in [4.78, 5) is 16.3. The van der Waals surface area contributed by atoms with Crippen LogP contribution in [0, 0.1) is 6.92 Å². The quantitative estimate of drug-likeness (QED) is 0.893. The van der Waals surface area contributed by atoms with E-state index in [0.29, 0.717) is 6.54 Å². The second-order valence-electron chi connectivity index (χ2n) is 5.47. The number of piperazine rings is 1. The minimum absolute atomic E-state index is 0.0296. The topological polar surface area (TPSA) is 44.8 Å². The van der Waals surface area contributed by atoms with Crippen molar-refractivity contribution in [1.29, 1.82) is 0 Å². The number of nitrogens with one attached hydrogen (secondary N) is 1. The first-order chi connectivity index (χ1) is 10.2. The van der Waals surface area contributed by atoms with Gasteiger partial charge in [0.2, 0.25) is 0 Å². The van der Waals surface area contributed by atoms with E-state index >= 15 is 0 Å². The highest BCUT2D eigenvalue weighted by atomic mass is 16.5. The van der Waals surface area contributed by atoms with Gasteiger partial charge in [-0.1, -0.05) is 29.8 Å². The largest absolute Gasteiger partial charge is 0.383 e. The zero-order valence-electron chi connectivity index (χ0n) is 13.0. The van der Waals surface area contributed by atoms with Crippen LogP contribution >= 0.6 is 0 Å². The Labute approximate surface area is 126 Å². The van der Waals surface area contributed by atoms with Gasteiger partial charge in [0, 0.05) is 46.4 Å². The summed E-state index contributed by atoms with van der Waals surface area (Å²) in [5.41, 5.74) is 2.37. The molecule has 1 aliphatic heterocycles. The van der Waals surface area contributed by atoms with Crippen molar-refractivity contribution >= 4 is 6.03 Å². The molecule has 0 radical (unpaired) electrons. The van der Waals surface area contributed by atoms with Crippen LogP contribution in [0.25, 0.3) is 0 Å². The highest BCUT2D eigenvalue weighted by Gasteiger charge is 2.20. The first-order valence-electron chi connectivity index (χ1n) is 7.48. The van der Waals surface area contributed by atoms with Crippen LogP contribution in [-0.4, -0.2) is 62.3 Å². The Morgan fingerprint density at radius 3 is 2.48 bits per heavy atom. The van der Waals surface area contributed by atoms with E-state index in [1.54, 1.807) is 7.11 Å². The number of hydrogen-bond donors (Lipinski definition) is 1. The lowest BCUT2D eigenvalue weighted by atomic mass is 10.1. The summed E-state index contributed by atoms with van der Waals surface area (Å²) in [6.45, 7) is 7.74. The molecule has 0 saturated carbocycles. The van der Waals surface area contributed by atoms with Crippen LogP contribution in [0.2, 0.25) is 0 Å². The fourth-order valence-corrected chi connectivity index (χ4v) is 2.39. The summed E-state index contributed by atoms with van der Waals surface area (Å²) in [5, 5.41) is 2.99. The Morgan fingerprint density at radius 2 is 1.86 bits per heavy atom. The van der Waals surface area contributed by atoms with Crippen molar-refractivity contribution in [2.75, 3.05) is 46.4 Å². The van der Waals surface area contributed by atoms with Crippen molar-refractivity contribution in [3.05, 3.63) is 35.4 Å². The average Bonchev–Trinajstić information content (AvgIpc) is 2.52. The summed E-state index contributed by atoms with van der Waals surface area (Å²) in [7, 11) is 1.72. The number of methoxy groups -OCH3 is 1. The molecule has 21 heavy (non-hydrogen) atoms. The van der Waals surface area contributed by atoms with Gasteiger partial charge in [0.15, 0.2) is 0 Å². The van der Waals surface area contributed by atoms with Crippen LogP contribution < -0.4 is 5.32 Å². The molecule has 0 aromatic heterocycles. The van der Waals surface area contributed by atoms with Gasteiger partial charge in [0.25, 0.3) is 0 Å². The van der Waals surface area contributed by atoms with Gasteiger partial charge in [-0.25, -0.2) is 4.79 Å². The van der Waals surface area contributed by atoms with Crippen molar-refractivity contribution in [1.82, 2.24) is 15.1 Å². The fourth-order valence-electron chi connectivity index (χ4n) is 2.39. The van der Waals surface area contributed by atoms with Gasteiger partial charge in [0.1, 0.15) is 0 Å². The molecule has 1 heterocycles. The van der Waals surface area contributed by atoms with E-state index in [9.17, 15) is 4.79 Å². The third kappa shape index (κ3) is 5.02. The van der Waals surface area contributed by atoms with E-state index < -0.39 is 0 Å². The molecule has 0 atom stereocenters. The summed E-state index contributed by atoms with van der Waals surface area (Å²) in [5.74, 6) is 0. The Morgan fingerprint density at radius 1 is 1.19 bits per heavy atom. The van der Waals surface area contributed by atoms with Crippen LogP contribution in [0.1, 0.15) is 11.1 Å². The van der Waals surface area contributed by atoms with E-state index in [0.717, 1.165) is 44.9 Å². The Bertz CT molecular complexity index is 439. The average molecular weight is 291 g/mol. The number of aryl methyl sites for hydroxylation is 1. The van der Waals surface area contributed by atoms with E-state index in [-0.39, 0.29) is 6.03 Å². The Hall–Kier alpha value is -1.59. The van der Waals surface area contributed by atoms with Crippen molar-refractivity contribution in [2.24, 2.45) is 0 Å². The third-order valence-corrected chi connectivity index (χ3v) is 3.84. The number of benzene rings is 1. The molecule has 5 nitrogen and oxygen atoms in total. The van der Waals surface area contributed by atoms with Gasteiger partial charge >= 0.3 is 6.03 Å². The number of urea groups is 1. The lowest BCUT2D eigenvalue weighted by molar-refractivity contribution is 0.106. The van der Waals surface area contributed by atoms with E-state index in [1.165, 1.54) is 5.56 Å². The van der Waals surface area contributed by atoms with Gasteiger partial charge in [0.05, 0.1) is 6.61 Å². The van der Waals surface area contributed by atoms with Gasteiger partial charge in [-0.15, -0.1) is 0 Å². The lowest BCUT2D eigenvalue weighted by Gasteiger charge is -2.34. The Balaban J connectivity index is 1.71. The number of carbonyl (C=O) groups is 1. The molecule has 0 bridgehead atoms. The molecule has 0 aliphatic carbocycles. The molecule has 5 heteroatoms. The van der Waals surface area contributed by atoms with Crippen LogP contribution in [0.3, 0.4) is 0 Å². The van der Waals surface area contributed by atoms with Crippen LogP contribution in [0.15, 0.2) is 24.3 Å². The smallest absolute Gasteiger partial charge is 0.317 e. The maximum absolute atomic E-state index is 12.1. The highest BCUT2D eigenvalue weighted by Crippen LogP contribution is 2.05. The Kier molecular flexibility index (Phi) is 6.02. The number of amides is 2. The second kappa shape index (κ2) is 8.00. The van der Waals surface area contributed by atoms with Crippen LogP contribution in [0.5, 0.6) is 0 Å². The van der Waals surface area contributed by atoms with Crippen molar-refractivity contribution in [3.63, 3.8) is 0 Å². The predicted molar refractivity (Wildman–Crippen MR) is 83.3 cm³/mol. The minimum atomic E-state index is 0.0296. The van der Waals surface area contributed by atoms with Gasteiger partial charge in [-0.05, 0) is 12.5 Å². The molecule has 1 fully saturated rings. The first kappa shape index (κ1) is 15.8. The van der Waals surface area contributed by atoms with E-state index in [1.807, 2.05) is 4.90 Å². The van der Waals surface area contributed by atoms with Gasteiger partial charge in [-0.2, -0.15) is 0 Å². The first-order valence-corrected chi connectivity index (χ1v) is 7.48. The standard InChI is InChI=1S/C16H25N3O2/c1-14-3-5-15(6-4-14)13-17-16(20)19-9-7-18(8-10-19)11-12-21-2/h3-6H,7-13H2,1-2H3,(H,17,20). The SMILES string of the molecule is COCCN1CCN(C(=O)NCc2ccc(C)cc2)CC1.